The lowest BCUT2D eigenvalue weighted by Gasteiger charge is -2.39. The van der Waals surface area contributed by atoms with Gasteiger partial charge in [0.2, 0.25) is 0 Å². The molecular weight excluding hydrogens is 188 g/mol. The maximum Gasteiger partial charge on any atom is 0.118 e. The van der Waals surface area contributed by atoms with E-state index in [1.54, 1.807) is 0 Å². The lowest BCUT2D eigenvalue weighted by atomic mass is 9.95. The van der Waals surface area contributed by atoms with E-state index in [2.05, 4.69) is 24.1 Å². The number of nitrogens with one attached hydrogen (secondary N) is 1. The largest absolute Gasteiger partial charge is 0.360 e. The predicted octanol–water partition coefficient (Wildman–Crippen LogP) is 1.59. The zero-order valence-electron chi connectivity index (χ0n) is 10.1. The van der Waals surface area contributed by atoms with Crippen LogP contribution in [0.2, 0.25) is 0 Å². The molecule has 0 bridgehead atoms. The monoisotopic (exact) mass is 212 g/mol. The van der Waals surface area contributed by atoms with Gasteiger partial charge in [-0.2, -0.15) is 0 Å². The molecule has 0 aliphatic carbocycles. The smallest absolute Gasteiger partial charge is 0.118 e. The average molecular weight is 212 g/mol. The van der Waals surface area contributed by atoms with E-state index in [-0.39, 0.29) is 5.72 Å². The standard InChI is InChI=1S/C12H24N2O/c1-3-14-8-5-4-6-11(14)10-12(2)13-7-9-15-12/h11,13H,3-10H2,1-2H3. The van der Waals surface area contributed by atoms with Gasteiger partial charge in [-0.3, -0.25) is 5.32 Å². The van der Waals surface area contributed by atoms with Crippen molar-refractivity contribution in [2.75, 3.05) is 26.2 Å². The molecule has 0 saturated carbocycles. The summed E-state index contributed by atoms with van der Waals surface area (Å²) >= 11 is 0. The Balaban J connectivity index is 1.90. The molecule has 15 heavy (non-hydrogen) atoms. The third-order valence-electron chi connectivity index (χ3n) is 3.80. The van der Waals surface area contributed by atoms with Crippen LogP contribution < -0.4 is 5.32 Å². The van der Waals surface area contributed by atoms with Crippen LogP contribution in [0.25, 0.3) is 0 Å². The van der Waals surface area contributed by atoms with Crippen LogP contribution in [0.15, 0.2) is 0 Å². The molecule has 0 spiro atoms. The SMILES string of the molecule is CCN1CCCCC1CC1(C)NCCO1. The summed E-state index contributed by atoms with van der Waals surface area (Å²) in [7, 11) is 0. The first-order chi connectivity index (χ1) is 7.23. The van der Waals surface area contributed by atoms with Gasteiger partial charge in [-0.05, 0) is 32.9 Å². The second kappa shape index (κ2) is 4.81. The van der Waals surface area contributed by atoms with Crippen molar-refractivity contribution in [2.24, 2.45) is 0 Å². The highest BCUT2D eigenvalue weighted by atomic mass is 16.5. The number of nitrogens with zero attached hydrogens (tertiary/aromatic N) is 1. The molecule has 3 heteroatoms. The summed E-state index contributed by atoms with van der Waals surface area (Å²) in [6, 6.07) is 0.722. The molecule has 2 aliphatic rings. The Morgan fingerprint density at radius 2 is 2.33 bits per heavy atom. The number of likely N-dealkylation sites (tertiary alicyclic amines) is 1. The third-order valence-corrected chi connectivity index (χ3v) is 3.80. The zero-order valence-corrected chi connectivity index (χ0v) is 10.1. The summed E-state index contributed by atoms with van der Waals surface area (Å²) in [5.74, 6) is 0. The molecule has 2 fully saturated rings. The van der Waals surface area contributed by atoms with E-state index in [4.69, 9.17) is 4.74 Å². The Bertz CT molecular complexity index is 202. The third kappa shape index (κ3) is 2.71. The molecule has 2 aliphatic heterocycles. The van der Waals surface area contributed by atoms with Crippen LogP contribution in [-0.2, 0) is 4.74 Å². The summed E-state index contributed by atoms with van der Waals surface area (Å²) in [5.41, 5.74) is -0.0601. The molecule has 2 heterocycles. The van der Waals surface area contributed by atoms with Crippen molar-refractivity contribution in [1.82, 2.24) is 10.2 Å². The van der Waals surface area contributed by atoms with Crippen LogP contribution >= 0.6 is 0 Å². The Kier molecular flexibility index (Phi) is 3.65. The van der Waals surface area contributed by atoms with Gasteiger partial charge in [0, 0.05) is 19.0 Å². The Labute approximate surface area is 93.2 Å². The van der Waals surface area contributed by atoms with Gasteiger partial charge in [-0.15, -0.1) is 0 Å². The van der Waals surface area contributed by atoms with E-state index in [1.165, 1.54) is 32.4 Å². The second-order valence-electron chi connectivity index (χ2n) is 4.99. The van der Waals surface area contributed by atoms with Crippen molar-refractivity contribution in [2.45, 2.75) is 51.3 Å². The van der Waals surface area contributed by atoms with Crippen molar-refractivity contribution < 1.29 is 4.74 Å². The summed E-state index contributed by atoms with van der Waals surface area (Å²) in [5, 5.41) is 3.48. The van der Waals surface area contributed by atoms with E-state index in [0.717, 1.165) is 25.6 Å². The van der Waals surface area contributed by atoms with E-state index in [0.29, 0.717) is 0 Å². The first-order valence-corrected chi connectivity index (χ1v) is 6.36. The quantitative estimate of drug-likeness (QED) is 0.769. The molecule has 0 amide bonds. The minimum absolute atomic E-state index is 0.0601. The van der Waals surface area contributed by atoms with Gasteiger partial charge in [-0.1, -0.05) is 13.3 Å². The van der Waals surface area contributed by atoms with Crippen LogP contribution in [0.5, 0.6) is 0 Å². The van der Waals surface area contributed by atoms with Crippen molar-refractivity contribution >= 4 is 0 Å². The molecule has 0 aromatic carbocycles. The maximum atomic E-state index is 5.80. The van der Waals surface area contributed by atoms with E-state index in [1.807, 2.05) is 0 Å². The molecule has 2 rings (SSSR count). The Morgan fingerprint density at radius 3 is 3.00 bits per heavy atom. The topological polar surface area (TPSA) is 24.5 Å². The van der Waals surface area contributed by atoms with E-state index < -0.39 is 0 Å². The van der Waals surface area contributed by atoms with Gasteiger partial charge in [0.05, 0.1) is 6.61 Å². The molecule has 0 aromatic heterocycles. The second-order valence-corrected chi connectivity index (χ2v) is 4.99. The number of hydrogen-bond acceptors (Lipinski definition) is 3. The van der Waals surface area contributed by atoms with Crippen molar-refractivity contribution in [3.05, 3.63) is 0 Å². The molecule has 0 aromatic rings. The zero-order chi connectivity index (χ0) is 10.7. The lowest BCUT2D eigenvalue weighted by Crippen LogP contribution is -2.48. The van der Waals surface area contributed by atoms with E-state index >= 15 is 0 Å². The number of rotatable bonds is 3. The molecule has 0 radical (unpaired) electrons. The van der Waals surface area contributed by atoms with Crippen LogP contribution in [0, 0.1) is 0 Å². The molecule has 1 N–H and O–H groups in total. The fourth-order valence-electron chi connectivity index (χ4n) is 2.93. The minimum Gasteiger partial charge on any atom is -0.360 e. The van der Waals surface area contributed by atoms with Gasteiger partial charge in [0.15, 0.2) is 0 Å². The molecule has 2 saturated heterocycles. The van der Waals surface area contributed by atoms with Gasteiger partial charge in [0.1, 0.15) is 5.72 Å². The van der Waals surface area contributed by atoms with Crippen molar-refractivity contribution in [1.29, 1.82) is 0 Å². The Morgan fingerprint density at radius 1 is 1.47 bits per heavy atom. The highest BCUT2D eigenvalue weighted by Crippen LogP contribution is 2.26. The molecule has 3 nitrogen and oxygen atoms in total. The van der Waals surface area contributed by atoms with E-state index in [9.17, 15) is 0 Å². The normalized spacial score (nSPS) is 38.4. The lowest BCUT2D eigenvalue weighted by molar-refractivity contribution is -0.0281. The first kappa shape index (κ1) is 11.4. The highest BCUT2D eigenvalue weighted by molar-refractivity contribution is 4.86. The summed E-state index contributed by atoms with van der Waals surface area (Å²) < 4.78 is 5.80. The summed E-state index contributed by atoms with van der Waals surface area (Å²) in [6.07, 6.45) is 5.24. The van der Waals surface area contributed by atoms with Gasteiger partial charge in [0.25, 0.3) is 0 Å². The van der Waals surface area contributed by atoms with Crippen LogP contribution in [0.3, 0.4) is 0 Å². The first-order valence-electron chi connectivity index (χ1n) is 6.36. The average Bonchev–Trinajstić information content (AvgIpc) is 2.66. The molecular formula is C12H24N2O. The predicted molar refractivity (Wildman–Crippen MR) is 61.9 cm³/mol. The maximum absolute atomic E-state index is 5.80. The van der Waals surface area contributed by atoms with Crippen molar-refractivity contribution in [3.63, 3.8) is 0 Å². The fourth-order valence-corrected chi connectivity index (χ4v) is 2.93. The summed E-state index contributed by atoms with van der Waals surface area (Å²) in [4.78, 5) is 2.61. The van der Waals surface area contributed by atoms with Crippen LogP contribution in [-0.4, -0.2) is 42.9 Å². The molecule has 2 unspecified atom stereocenters. The fraction of sp³-hybridized carbons (Fsp3) is 1.00. The number of piperidine rings is 1. The van der Waals surface area contributed by atoms with Gasteiger partial charge >= 0.3 is 0 Å². The number of ether oxygens (including phenoxy) is 1. The van der Waals surface area contributed by atoms with Gasteiger partial charge < -0.3 is 9.64 Å². The van der Waals surface area contributed by atoms with Crippen LogP contribution in [0.4, 0.5) is 0 Å². The van der Waals surface area contributed by atoms with Crippen molar-refractivity contribution in [3.8, 4) is 0 Å². The van der Waals surface area contributed by atoms with Crippen LogP contribution in [0.1, 0.15) is 39.5 Å². The molecule has 88 valence electrons. The Hall–Kier alpha value is -0.120. The molecule has 2 atom stereocenters. The summed E-state index contributed by atoms with van der Waals surface area (Å²) in [6.45, 7) is 8.80. The van der Waals surface area contributed by atoms with Gasteiger partial charge in [-0.25, -0.2) is 0 Å². The minimum atomic E-state index is -0.0601. The highest BCUT2D eigenvalue weighted by Gasteiger charge is 2.34. The number of hydrogen-bond donors (Lipinski definition) is 1.